The van der Waals surface area contributed by atoms with Crippen LogP contribution >= 0.6 is 0 Å². The Morgan fingerprint density at radius 3 is 2.64 bits per heavy atom. The van der Waals surface area contributed by atoms with Crippen LogP contribution in [0.3, 0.4) is 0 Å². The Morgan fingerprint density at radius 1 is 1.21 bits per heavy atom. The number of anilines is 1. The van der Waals surface area contributed by atoms with E-state index < -0.39 is 10.9 Å². The van der Waals surface area contributed by atoms with Crippen molar-refractivity contribution >= 4 is 34.2 Å². The third-order valence-electron chi connectivity index (χ3n) is 4.45. The minimum atomic E-state index is -0.485. The van der Waals surface area contributed by atoms with Crippen LogP contribution in [0.1, 0.15) is 22.8 Å². The Bertz CT molecular complexity index is 1070. The van der Waals surface area contributed by atoms with Crippen LogP contribution in [0, 0.1) is 10.1 Å². The van der Waals surface area contributed by atoms with Gasteiger partial charge in [0, 0.05) is 34.4 Å². The summed E-state index contributed by atoms with van der Waals surface area (Å²) in [6, 6.07) is 11.8. The molecular weight excluding hydrogens is 362 g/mol. The summed E-state index contributed by atoms with van der Waals surface area (Å²) in [5.74, 6) is -0.850. The number of nitro benzene ring substituents is 1. The Morgan fingerprint density at radius 2 is 1.96 bits per heavy atom. The van der Waals surface area contributed by atoms with Crippen molar-refractivity contribution < 1.29 is 19.2 Å². The lowest BCUT2D eigenvalue weighted by Gasteiger charge is -2.08. The van der Waals surface area contributed by atoms with E-state index in [9.17, 15) is 19.7 Å². The maximum Gasteiger partial charge on any atom is 0.340 e. The Hall–Kier alpha value is -3.68. The summed E-state index contributed by atoms with van der Waals surface area (Å²) < 4.78 is 6.44. The Balaban J connectivity index is 1.85. The van der Waals surface area contributed by atoms with Gasteiger partial charge in [-0.1, -0.05) is 31.2 Å². The van der Waals surface area contributed by atoms with E-state index >= 15 is 0 Å². The highest BCUT2D eigenvalue weighted by molar-refractivity contribution is 6.05. The van der Waals surface area contributed by atoms with Gasteiger partial charge in [0.05, 0.1) is 17.6 Å². The van der Waals surface area contributed by atoms with Crippen molar-refractivity contribution in [1.29, 1.82) is 0 Å². The standard InChI is InChI=1S/C20H19N3O5/c1-3-13-8-9-14(10-18(13)23(26)27)21-19(24)12-22-11-16(20(25)28-2)15-6-4-5-7-17(15)22/h4-11H,3,12H2,1-2H3,(H,21,24). The van der Waals surface area contributed by atoms with Crippen molar-refractivity contribution in [3.8, 4) is 0 Å². The highest BCUT2D eigenvalue weighted by Gasteiger charge is 2.18. The topological polar surface area (TPSA) is 103 Å². The number of fused-ring (bicyclic) bond motifs is 1. The number of nitro groups is 1. The van der Waals surface area contributed by atoms with Crippen LogP contribution in [-0.4, -0.2) is 28.5 Å². The van der Waals surface area contributed by atoms with E-state index in [1.165, 1.54) is 13.2 Å². The van der Waals surface area contributed by atoms with Gasteiger partial charge in [-0.15, -0.1) is 0 Å². The van der Waals surface area contributed by atoms with E-state index in [1.54, 1.807) is 41.1 Å². The van der Waals surface area contributed by atoms with Crippen LogP contribution in [0.15, 0.2) is 48.7 Å². The fourth-order valence-electron chi connectivity index (χ4n) is 3.12. The molecular formula is C20H19N3O5. The summed E-state index contributed by atoms with van der Waals surface area (Å²) in [6.45, 7) is 1.78. The van der Waals surface area contributed by atoms with Crippen LogP contribution in [0.2, 0.25) is 0 Å². The van der Waals surface area contributed by atoms with E-state index in [0.29, 0.717) is 34.1 Å². The second-order valence-corrected chi connectivity index (χ2v) is 6.18. The maximum absolute atomic E-state index is 12.5. The van der Waals surface area contributed by atoms with Gasteiger partial charge < -0.3 is 14.6 Å². The van der Waals surface area contributed by atoms with Gasteiger partial charge in [-0.05, 0) is 18.6 Å². The quantitative estimate of drug-likeness (QED) is 0.400. The molecule has 0 atom stereocenters. The summed E-state index contributed by atoms with van der Waals surface area (Å²) in [5.41, 5.74) is 2.00. The molecule has 144 valence electrons. The number of nitrogens with zero attached hydrogens (tertiary/aromatic N) is 2. The molecule has 1 N–H and O–H groups in total. The molecule has 1 heterocycles. The number of aryl methyl sites for hydroxylation is 1. The number of aromatic nitrogens is 1. The number of nitrogens with one attached hydrogen (secondary N) is 1. The first kappa shape index (κ1) is 19.1. The molecule has 0 unspecified atom stereocenters. The lowest BCUT2D eigenvalue weighted by Crippen LogP contribution is -2.18. The van der Waals surface area contributed by atoms with Gasteiger partial charge in [-0.25, -0.2) is 4.79 Å². The van der Waals surface area contributed by atoms with Gasteiger partial charge in [-0.3, -0.25) is 14.9 Å². The molecule has 0 aliphatic heterocycles. The lowest BCUT2D eigenvalue weighted by atomic mass is 10.1. The minimum Gasteiger partial charge on any atom is -0.465 e. The highest BCUT2D eigenvalue weighted by Crippen LogP contribution is 2.25. The largest absolute Gasteiger partial charge is 0.465 e. The van der Waals surface area contributed by atoms with Crippen LogP contribution in [-0.2, 0) is 22.5 Å². The number of carbonyl (C=O) groups excluding carboxylic acids is 2. The molecule has 0 bridgehead atoms. The molecule has 28 heavy (non-hydrogen) atoms. The normalized spacial score (nSPS) is 10.6. The first-order valence-corrected chi connectivity index (χ1v) is 8.68. The molecule has 0 radical (unpaired) electrons. The van der Waals surface area contributed by atoms with Crippen molar-refractivity contribution in [2.75, 3.05) is 12.4 Å². The Kier molecular flexibility index (Phi) is 5.39. The zero-order valence-corrected chi connectivity index (χ0v) is 15.5. The second kappa shape index (κ2) is 7.91. The number of methoxy groups -OCH3 is 1. The van der Waals surface area contributed by atoms with Crippen LogP contribution in [0.25, 0.3) is 10.9 Å². The van der Waals surface area contributed by atoms with Gasteiger partial charge in [0.2, 0.25) is 5.91 Å². The fraction of sp³-hybridized carbons (Fsp3) is 0.200. The molecule has 3 aromatic rings. The van der Waals surface area contributed by atoms with Gasteiger partial charge in [-0.2, -0.15) is 0 Å². The fourth-order valence-corrected chi connectivity index (χ4v) is 3.12. The number of esters is 1. The van der Waals surface area contributed by atoms with Crippen molar-refractivity contribution in [2.24, 2.45) is 0 Å². The minimum absolute atomic E-state index is 0.0281. The number of rotatable bonds is 6. The van der Waals surface area contributed by atoms with Gasteiger partial charge >= 0.3 is 5.97 Å². The number of amides is 1. The zero-order chi connectivity index (χ0) is 20.3. The average molecular weight is 381 g/mol. The van der Waals surface area contributed by atoms with Crippen molar-refractivity contribution in [2.45, 2.75) is 19.9 Å². The average Bonchev–Trinajstić information content (AvgIpc) is 3.05. The Labute approximate surface area is 160 Å². The third kappa shape index (κ3) is 3.71. The van der Waals surface area contributed by atoms with E-state index in [4.69, 9.17) is 4.74 Å². The molecule has 0 spiro atoms. The van der Waals surface area contributed by atoms with Crippen LogP contribution < -0.4 is 5.32 Å². The predicted octanol–water partition coefficient (Wildman–Crippen LogP) is 3.54. The molecule has 2 aromatic carbocycles. The van der Waals surface area contributed by atoms with E-state index in [1.807, 2.05) is 13.0 Å². The lowest BCUT2D eigenvalue weighted by molar-refractivity contribution is -0.385. The van der Waals surface area contributed by atoms with Crippen molar-refractivity contribution in [3.05, 3.63) is 69.9 Å². The first-order valence-electron chi connectivity index (χ1n) is 8.68. The molecule has 0 aliphatic carbocycles. The van der Waals surface area contributed by atoms with E-state index in [0.717, 1.165) is 0 Å². The zero-order valence-electron chi connectivity index (χ0n) is 15.5. The number of para-hydroxylation sites is 1. The summed E-state index contributed by atoms with van der Waals surface area (Å²) >= 11 is 0. The smallest absolute Gasteiger partial charge is 0.340 e. The molecule has 0 saturated heterocycles. The molecule has 1 amide bonds. The number of carbonyl (C=O) groups is 2. The van der Waals surface area contributed by atoms with Crippen LogP contribution in [0.5, 0.6) is 0 Å². The van der Waals surface area contributed by atoms with Gasteiger partial charge in [0.1, 0.15) is 6.54 Å². The van der Waals surface area contributed by atoms with Gasteiger partial charge in [0.25, 0.3) is 5.69 Å². The highest BCUT2D eigenvalue weighted by atomic mass is 16.6. The van der Waals surface area contributed by atoms with Crippen molar-refractivity contribution in [1.82, 2.24) is 4.57 Å². The summed E-state index contributed by atoms with van der Waals surface area (Å²) in [7, 11) is 1.30. The molecule has 8 nitrogen and oxygen atoms in total. The number of hydrogen-bond acceptors (Lipinski definition) is 5. The first-order chi connectivity index (χ1) is 13.4. The predicted molar refractivity (Wildman–Crippen MR) is 104 cm³/mol. The summed E-state index contributed by atoms with van der Waals surface area (Å²) in [6.07, 6.45) is 2.09. The summed E-state index contributed by atoms with van der Waals surface area (Å²) in [5, 5.41) is 14.6. The molecule has 0 aliphatic rings. The van der Waals surface area contributed by atoms with Crippen LogP contribution in [0.4, 0.5) is 11.4 Å². The van der Waals surface area contributed by atoms with Gasteiger partial charge in [0.15, 0.2) is 0 Å². The number of ether oxygens (including phenoxy) is 1. The summed E-state index contributed by atoms with van der Waals surface area (Å²) in [4.78, 5) is 35.2. The van der Waals surface area contributed by atoms with Crippen molar-refractivity contribution in [3.63, 3.8) is 0 Å². The number of hydrogen-bond donors (Lipinski definition) is 1. The molecule has 1 aromatic heterocycles. The van der Waals surface area contributed by atoms with E-state index in [2.05, 4.69) is 5.32 Å². The molecule has 8 heteroatoms. The molecule has 0 fully saturated rings. The second-order valence-electron chi connectivity index (χ2n) is 6.18. The molecule has 0 saturated carbocycles. The molecule has 3 rings (SSSR count). The van der Waals surface area contributed by atoms with E-state index in [-0.39, 0.29) is 18.1 Å². The third-order valence-corrected chi connectivity index (χ3v) is 4.45. The number of benzene rings is 2. The maximum atomic E-state index is 12.5. The monoisotopic (exact) mass is 381 g/mol. The SMILES string of the molecule is CCc1ccc(NC(=O)Cn2cc(C(=O)OC)c3ccccc32)cc1[N+](=O)[O-].